The van der Waals surface area contributed by atoms with Crippen LogP contribution in [0, 0.1) is 0 Å². The fourth-order valence-electron chi connectivity index (χ4n) is 1.30. The topological polar surface area (TPSA) is 37.3 Å². The minimum atomic E-state index is -2.75. The van der Waals surface area contributed by atoms with E-state index in [1.807, 2.05) is 0 Å². The Morgan fingerprint density at radius 1 is 0.923 bits per heavy atom. The fraction of sp³-hybridized carbons (Fsp3) is 1.00. The smallest absolute Gasteiger partial charge is 0.200 e. The quantitative estimate of drug-likeness (QED) is 0.486. The molecular weight excluding hydrogens is 183 g/mol. The van der Waals surface area contributed by atoms with E-state index in [0.29, 0.717) is 12.3 Å². The van der Waals surface area contributed by atoms with Gasteiger partial charge in [-0.2, -0.15) is 0 Å². The highest BCUT2D eigenvalue weighted by Crippen LogP contribution is 2.42. The highest BCUT2D eigenvalue weighted by atomic mass is 31.2. The first-order chi connectivity index (χ1) is 6.12. The van der Waals surface area contributed by atoms with Crippen LogP contribution in [0.2, 0.25) is 0 Å². The summed E-state index contributed by atoms with van der Waals surface area (Å²) in [6.07, 6.45) is 7.36. The van der Waals surface area contributed by atoms with Crippen molar-refractivity contribution in [2.45, 2.75) is 52.4 Å². The summed E-state index contributed by atoms with van der Waals surface area (Å²) in [5.41, 5.74) is 0. The third-order valence-electron chi connectivity index (χ3n) is 2.22. The fourth-order valence-corrected chi connectivity index (χ4v) is 3.05. The Balaban J connectivity index is 3.45. The van der Waals surface area contributed by atoms with E-state index < -0.39 is 7.37 Å². The van der Waals surface area contributed by atoms with E-state index in [1.165, 1.54) is 12.8 Å². The summed E-state index contributed by atoms with van der Waals surface area (Å²) < 4.78 is 11.5. The maximum atomic E-state index is 11.5. The predicted octanol–water partition coefficient (Wildman–Crippen LogP) is 3.64. The molecule has 0 aliphatic rings. The van der Waals surface area contributed by atoms with Crippen molar-refractivity contribution in [3.63, 3.8) is 0 Å². The first-order valence-electron chi connectivity index (χ1n) is 5.43. The first-order valence-corrected chi connectivity index (χ1v) is 7.46. The van der Waals surface area contributed by atoms with Gasteiger partial charge < -0.3 is 4.89 Å². The van der Waals surface area contributed by atoms with Crippen molar-refractivity contribution in [3.8, 4) is 0 Å². The standard InChI is InChI=1S/C10H23O2P/c1-3-5-7-8-10-13(11,12)9-6-4-2/h3-10H2,1-2H3,(H,11,12). The summed E-state index contributed by atoms with van der Waals surface area (Å²) in [6.45, 7) is 4.20. The van der Waals surface area contributed by atoms with Crippen LogP contribution in [0.1, 0.15) is 52.4 Å². The van der Waals surface area contributed by atoms with Crippen LogP contribution < -0.4 is 0 Å². The molecule has 1 atom stereocenters. The second-order valence-corrected chi connectivity index (χ2v) is 6.29. The summed E-state index contributed by atoms with van der Waals surface area (Å²) in [7, 11) is -2.75. The normalized spacial score (nSPS) is 15.6. The van der Waals surface area contributed by atoms with E-state index >= 15 is 0 Å². The summed E-state index contributed by atoms with van der Waals surface area (Å²) in [4.78, 5) is 9.50. The van der Waals surface area contributed by atoms with E-state index in [1.54, 1.807) is 0 Å². The lowest BCUT2D eigenvalue weighted by molar-refractivity contribution is 0.472. The molecular formula is C10H23O2P. The van der Waals surface area contributed by atoms with Crippen molar-refractivity contribution in [1.82, 2.24) is 0 Å². The Bertz CT molecular complexity index is 157. The maximum absolute atomic E-state index is 11.5. The van der Waals surface area contributed by atoms with Crippen LogP contribution in [0.3, 0.4) is 0 Å². The zero-order valence-electron chi connectivity index (χ0n) is 8.96. The molecule has 3 heteroatoms. The predicted molar refractivity (Wildman–Crippen MR) is 58.6 cm³/mol. The van der Waals surface area contributed by atoms with Gasteiger partial charge in [0.2, 0.25) is 7.37 Å². The zero-order chi connectivity index (χ0) is 10.2. The van der Waals surface area contributed by atoms with Crippen molar-refractivity contribution in [1.29, 1.82) is 0 Å². The third kappa shape index (κ3) is 8.52. The highest BCUT2D eigenvalue weighted by Gasteiger charge is 2.15. The van der Waals surface area contributed by atoms with Crippen LogP contribution in [-0.2, 0) is 4.57 Å². The second kappa shape index (κ2) is 7.58. The van der Waals surface area contributed by atoms with Crippen LogP contribution in [0.4, 0.5) is 0 Å². The molecule has 13 heavy (non-hydrogen) atoms. The van der Waals surface area contributed by atoms with Gasteiger partial charge in [-0.15, -0.1) is 0 Å². The molecule has 0 amide bonds. The molecule has 0 aliphatic carbocycles. The van der Waals surface area contributed by atoms with Gasteiger partial charge in [0.25, 0.3) is 0 Å². The zero-order valence-corrected chi connectivity index (χ0v) is 9.85. The summed E-state index contributed by atoms with van der Waals surface area (Å²) >= 11 is 0. The minimum Gasteiger partial charge on any atom is -0.344 e. The molecule has 80 valence electrons. The SMILES string of the molecule is CCCCCCP(=O)(O)CCCC. The number of rotatable bonds is 8. The van der Waals surface area contributed by atoms with Crippen LogP contribution in [0.15, 0.2) is 0 Å². The van der Waals surface area contributed by atoms with E-state index in [2.05, 4.69) is 13.8 Å². The van der Waals surface area contributed by atoms with Gasteiger partial charge in [0.05, 0.1) is 0 Å². The second-order valence-electron chi connectivity index (χ2n) is 3.71. The van der Waals surface area contributed by atoms with E-state index in [9.17, 15) is 9.46 Å². The van der Waals surface area contributed by atoms with E-state index in [-0.39, 0.29) is 0 Å². The molecule has 0 saturated heterocycles. The summed E-state index contributed by atoms with van der Waals surface area (Å²) in [6, 6.07) is 0. The Labute approximate surface area is 82.2 Å². The van der Waals surface area contributed by atoms with Crippen LogP contribution in [0.5, 0.6) is 0 Å². The van der Waals surface area contributed by atoms with Gasteiger partial charge in [0, 0.05) is 12.3 Å². The highest BCUT2D eigenvalue weighted by molar-refractivity contribution is 7.57. The molecule has 0 heterocycles. The van der Waals surface area contributed by atoms with Gasteiger partial charge in [0.15, 0.2) is 0 Å². The van der Waals surface area contributed by atoms with Gasteiger partial charge in [0.1, 0.15) is 0 Å². The monoisotopic (exact) mass is 206 g/mol. The molecule has 0 aliphatic heterocycles. The van der Waals surface area contributed by atoms with Crippen molar-refractivity contribution >= 4 is 7.37 Å². The van der Waals surface area contributed by atoms with Crippen molar-refractivity contribution in [2.24, 2.45) is 0 Å². The van der Waals surface area contributed by atoms with Crippen molar-refractivity contribution in [3.05, 3.63) is 0 Å². The molecule has 0 aromatic carbocycles. The largest absolute Gasteiger partial charge is 0.344 e. The molecule has 0 aromatic heterocycles. The molecule has 2 nitrogen and oxygen atoms in total. The van der Waals surface area contributed by atoms with Gasteiger partial charge in [-0.1, -0.05) is 39.5 Å². The minimum absolute atomic E-state index is 0.523. The molecule has 1 unspecified atom stereocenters. The van der Waals surface area contributed by atoms with Gasteiger partial charge in [-0.3, -0.25) is 4.57 Å². The Hall–Kier alpha value is 0.190. The lowest BCUT2D eigenvalue weighted by atomic mass is 10.2. The van der Waals surface area contributed by atoms with Crippen LogP contribution in [-0.4, -0.2) is 17.2 Å². The molecule has 0 radical (unpaired) electrons. The van der Waals surface area contributed by atoms with Gasteiger partial charge in [-0.05, 0) is 12.8 Å². The molecule has 0 rings (SSSR count). The number of hydrogen-bond donors (Lipinski definition) is 1. The summed E-state index contributed by atoms with van der Waals surface area (Å²) in [5, 5.41) is 0. The molecule has 0 fully saturated rings. The molecule has 1 N–H and O–H groups in total. The Kier molecular flexibility index (Phi) is 7.69. The van der Waals surface area contributed by atoms with Crippen LogP contribution in [0.25, 0.3) is 0 Å². The Morgan fingerprint density at radius 2 is 1.46 bits per heavy atom. The van der Waals surface area contributed by atoms with Gasteiger partial charge >= 0.3 is 0 Å². The molecule has 0 aromatic rings. The van der Waals surface area contributed by atoms with Gasteiger partial charge in [-0.25, -0.2) is 0 Å². The average molecular weight is 206 g/mol. The third-order valence-corrected chi connectivity index (χ3v) is 4.25. The van der Waals surface area contributed by atoms with Crippen molar-refractivity contribution < 1.29 is 9.46 Å². The lowest BCUT2D eigenvalue weighted by Crippen LogP contribution is -1.94. The number of unbranched alkanes of at least 4 members (excludes halogenated alkanes) is 4. The first kappa shape index (κ1) is 13.2. The van der Waals surface area contributed by atoms with E-state index in [4.69, 9.17) is 0 Å². The average Bonchev–Trinajstić information content (AvgIpc) is 2.09. The maximum Gasteiger partial charge on any atom is 0.200 e. The van der Waals surface area contributed by atoms with Crippen molar-refractivity contribution in [2.75, 3.05) is 12.3 Å². The van der Waals surface area contributed by atoms with E-state index in [0.717, 1.165) is 25.7 Å². The Morgan fingerprint density at radius 3 is 2.00 bits per heavy atom. The summed E-state index contributed by atoms with van der Waals surface area (Å²) in [5.74, 6) is 0. The molecule has 0 saturated carbocycles. The van der Waals surface area contributed by atoms with Crippen LogP contribution >= 0.6 is 7.37 Å². The molecule has 0 bridgehead atoms. The number of hydrogen-bond acceptors (Lipinski definition) is 1. The molecule has 0 spiro atoms. The lowest BCUT2D eigenvalue weighted by Gasteiger charge is -2.10.